The van der Waals surface area contributed by atoms with Crippen molar-refractivity contribution in [2.24, 2.45) is 17.8 Å². The second kappa shape index (κ2) is 9.50. The van der Waals surface area contributed by atoms with E-state index in [1.54, 1.807) is 12.1 Å². The molecule has 2 aliphatic carbocycles. The van der Waals surface area contributed by atoms with Gasteiger partial charge < -0.3 is 4.74 Å². The molecule has 2 aromatic rings. The number of ether oxygens (including phenoxy) is 1. The Morgan fingerprint density at radius 2 is 1.58 bits per heavy atom. The van der Waals surface area contributed by atoms with Gasteiger partial charge in [0.2, 0.25) is 0 Å². The minimum Gasteiger partial charge on any atom is -0.406 e. The van der Waals surface area contributed by atoms with Crippen LogP contribution in [0.4, 0.5) is 13.2 Å². The van der Waals surface area contributed by atoms with Crippen molar-refractivity contribution < 1.29 is 17.9 Å². The van der Waals surface area contributed by atoms with Gasteiger partial charge in [-0.1, -0.05) is 49.2 Å². The third kappa shape index (κ3) is 5.72. The number of rotatable bonds is 6. The third-order valence-electron chi connectivity index (χ3n) is 7.23. The summed E-state index contributed by atoms with van der Waals surface area (Å²) in [7, 11) is 0. The first-order valence-electron chi connectivity index (χ1n) is 11.5. The zero-order valence-corrected chi connectivity index (χ0v) is 18.0. The van der Waals surface area contributed by atoms with Crippen LogP contribution in [0.25, 0.3) is 11.1 Å². The molecule has 4 rings (SSSR count). The maximum atomic E-state index is 12.4. The summed E-state index contributed by atoms with van der Waals surface area (Å²) >= 11 is 0. The maximum Gasteiger partial charge on any atom is 0.573 e. The molecule has 0 radical (unpaired) electrons. The number of alkyl halides is 3. The number of benzene rings is 2. The molecule has 1 fully saturated rings. The van der Waals surface area contributed by atoms with E-state index in [1.807, 2.05) is 6.08 Å². The fraction of sp³-hybridized carbons (Fsp3) is 0.481. The molecule has 1 nitrogen and oxygen atoms in total. The number of hydrogen-bond donors (Lipinski definition) is 0. The van der Waals surface area contributed by atoms with Gasteiger partial charge in [-0.25, -0.2) is 0 Å². The Balaban J connectivity index is 1.37. The average molecular weight is 429 g/mol. The Hall–Kier alpha value is -2.23. The van der Waals surface area contributed by atoms with Crippen LogP contribution < -0.4 is 4.74 Å². The largest absolute Gasteiger partial charge is 0.573 e. The summed E-state index contributed by atoms with van der Waals surface area (Å²) < 4.78 is 41.1. The fourth-order valence-electron chi connectivity index (χ4n) is 5.52. The molecular weight excluding hydrogens is 397 g/mol. The van der Waals surface area contributed by atoms with E-state index in [0.29, 0.717) is 0 Å². The van der Waals surface area contributed by atoms with Gasteiger partial charge >= 0.3 is 6.36 Å². The molecule has 0 aliphatic heterocycles. The van der Waals surface area contributed by atoms with Gasteiger partial charge in [0.1, 0.15) is 5.75 Å². The molecule has 166 valence electrons. The lowest BCUT2D eigenvalue weighted by atomic mass is 9.69. The van der Waals surface area contributed by atoms with Gasteiger partial charge in [-0.05, 0) is 97.1 Å². The summed E-state index contributed by atoms with van der Waals surface area (Å²) in [5, 5.41) is 0. The summed E-state index contributed by atoms with van der Waals surface area (Å²) in [5.74, 6) is 2.35. The van der Waals surface area contributed by atoms with Crippen LogP contribution in [0.1, 0.15) is 56.1 Å². The van der Waals surface area contributed by atoms with Gasteiger partial charge in [0.25, 0.3) is 0 Å². The molecule has 31 heavy (non-hydrogen) atoms. The Morgan fingerprint density at radius 1 is 0.871 bits per heavy atom. The van der Waals surface area contributed by atoms with Crippen molar-refractivity contribution in [1.82, 2.24) is 0 Å². The molecule has 2 aliphatic rings. The van der Waals surface area contributed by atoms with Crippen LogP contribution in [0.3, 0.4) is 0 Å². The van der Waals surface area contributed by atoms with Gasteiger partial charge in [0.05, 0.1) is 0 Å². The zero-order chi connectivity index (χ0) is 21.8. The summed E-state index contributed by atoms with van der Waals surface area (Å²) in [5.41, 5.74) is 4.81. The van der Waals surface area contributed by atoms with E-state index in [2.05, 4.69) is 29.5 Å². The minimum atomic E-state index is -4.66. The van der Waals surface area contributed by atoms with Crippen molar-refractivity contribution in [1.29, 1.82) is 0 Å². The van der Waals surface area contributed by atoms with Crippen LogP contribution in [0.5, 0.6) is 5.75 Å². The first kappa shape index (κ1) is 22.0. The van der Waals surface area contributed by atoms with Crippen molar-refractivity contribution in [3.8, 4) is 16.9 Å². The van der Waals surface area contributed by atoms with E-state index in [-0.39, 0.29) is 5.75 Å². The van der Waals surface area contributed by atoms with Crippen LogP contribution in [-0.2, 0) is 12.8 Å². The number of allylic oxidation sites excluding steroid dienone is 1. The Labute approximate surface area is 183 Å². The van der Waals surface area contributed by atoms with E-state index in [9.17, 15) is 13.2 Å². The van der Waals surface area contributed by atoms with Crippen LogP contribution in [0.15, 0.2) is 55.1 Å². The number of hydrogen-bond acceptors (Lipinski definition) is 1. The highest BCUT2D eigenvalue weighted by Gasteiger charge is 2.31. The summed E-state index contributed by atoms with van der Waals surface area (Å²) in [6.07, 6.45) is 8.81. The molecule has 0 N–H and O–H groups in total. The molecule has 0 aromatic heterocycles. The molecule has 0 amide bonds. The average Bonchev–Trinajstić information content (AvgIpc) is 2.77. The van der Waals surface area contributed by atoms with Gasteiger partial charge in [0, 0.05) is 0 Å². The highest BCUT2D eigenvalue weighted by molar-refractivity contribution is 5.66. The van der Waals surface area contributed by atoms with Crippen molar-refractivity contribution in [2.75, 3.05) is 0 Å². The van der Waals surface area contributed by atoms with Crippen molar-refractivity contribution in [3.05, 3.63) is 66.2 Å². The Kier molecular flexibility index (Phi) is 6.74. The Bertz CT molecular complexity index is 876. The number of aryl methyl sites for hydroxylation is 1. The molecule has 4 heteroatoms. The molecule has 0 heterocycles. The zero-order valence-electron chi connectivity index (χ0n) is 18.0. The highest BCUT2D eigenvalue weighted by atomic mass is 19.4. The molecule has 0 spiro atoms. The summed E-state index contributed by atoms with van der Waals surface area (Å²) in [6, 6.07) is 12.7. The van der Waals surface area contributed by atoms with E-state index >= 15 is 0 Å². The normalized spacial score (nSPS) is 23.8. The van der Waals surface area contributed by atoms with E-state index in [4.69, 9.17) is 0 Å². The van der Waals surface area contributed by atoms with E-state index in [0.717, 1.165) is 48.1 Å². The van der Waals surface area contributed by atoms with Gasteiger partial charge in [-0.15, -0.1) is 19.8 Å². The smallest absolute Gasteiger partial charge is 0.406 e. The fourth-order valence-corrected chi connectivity index (χ4v) is 5.52. The van der Waals surface area contributed by atoms with Gasteiger partial charge in [-0.2, -0.15) is 0 Å². The molecule has 1 unspecified atom stereocenters. The van der Waals surface area contributed by atoms with Crippen molar-refractivity contribution in [2.45, 2.75) is 64.1 Å². The second-order valence-electron chi connectivity index (χ2n) is 9.21. The predicted molar refractivity (Wildman–Crippen MR) is 119 cm³/mol. The van der Waals surface area contributed by atoms with E-state index in [1.165, 1.54) is 61.8 Å². The lowest BCUT2D eigenvalue weighted by Gasteiger charge is -2.36. The van der Waals surface area contributed by atoms with Crippen LogP contribution >= 0.6 is 0 Å². The second-order valence-corrected chi connectivity index (χ2v) is 9.21. The van der Waals surface area contributed by atoms with Crippen LogP contribution in [-0.4, -0.2) is 6.36 Å². The highest BCUT2D eigenvalue weighted by Crippen LogP contribution is 2.41. The lowest BCUT2D eigenvalue weighted by molar-refractivity contribution is -0.274. The molecule has 0 saturated heterocycles. The van der Waals surface area contributed by atoms with Crippen molar-refractivity contribution >= 4 is 0 Å². The number of halogens is 3. The third-order valence-corrected chi connectivity index (χ3v) is 7.23. The summed E-state index contributed by atoms with van der Waals surface area (Å²) in [4.78, 5) is 0. The Morgan fingerprint density at radius 3 is 2.26 bits per heavy atom. The molecular formula is C27H31F3O. The van der Waals surface area contributed by atoms with Gasteiger partial charge in [0.15, 0.2) is 0 Å². The monoisotopic (exact) mass is 428 g/mol. The molecule has 0 bridgehead atoms. The topological polar surface area (TPSA) is 9.23 Å². The number of fused-ring (bicyclic) bond motifs is 1. The predicted octanol–water partition coefficient (Wildman–Crippen LogP) is 8.13. The SMILES string of the molecule is C=CCCC1CCC(C2CCc3cc(-c4ccc(OC(F)(F)F)cc4)ccc3C2)CC1. The molecule has 2 aromatic carbocycles. The van der Waals surface area contributed by atoms with Crippen molar-refractivity contribution in [3.63, 3.8) is 0 Å². The molecule has 1 atom stereocenters. The van der Waals surface area contributed by atoms with Gasteiger partial charge in [-0.3, -0.25) is 0 Å². The first-order valence-corrected chi connectivity index (χ1v) is 11.5. The van der Waals surface area contributed by atoms with Crippen LogP contribution in [0.2, 0.25) is 0 Å². The molecule has 1 saturated carbocycles. The van der Waals surface area contributed by atoms with E-state index < -0.39 is 6.36 Å². The first-order chi connectivity index (χ1) is 14.9. The lowest BCUT2D eigenvalue weighted by Crippen LogP contribution is -2.26. The van der Waals surface area contributed by atoms with Crippen LogP contribution in [0, 0.1) is 17.8 Å². The quantitative estimate of drug-likeness (QED) is 0.422. The summed E-state index contributed by atoms with van der Waals surface area (Å²) in [6.45, 7) is 3.85. The standard InChI is InChI=1S/C27H31F3O/c1-2-3-4-19-5-7-20(8-6-19)22-9-11-25-18-23(10-12-24(25)17-22)21-13-15-26(16-14-21)31-27(28,29)30/h2,10,12-16,18-20,22H,1,3-9,11,17H2. The maximum absolute atomic E-state index is 12.4. The minimum absolute atomic E-state index is 0.184.